The van der Waals surface area contributed by atoms with Crippen molar-refractivity contribution in [1.82, 2.24) is 0 Å². The Labute approximate surface area is 58.3 Å². The molecule has 0 aliphatic carbocycles. The van der Waals surface area contributed by atoms with Crippen LogP contribution >= 0.6 is 0 Å². The van der Waals surface area contributed by atoms with Crippen molar-refractivity contribution < 1.29 is 13.9 Å². The number of hydrogen-bond acceptors (Lipinski definition) is 2. The topological polar surface area (TPSA) is 52.3 Å². The maximum atomic E-state index is 13.1. The van der Waals surface area contributed by atoms with Gasteiger partial charge in [0.2, 0.25) is 5.67 Å². The Morgan fingerprint density at radius 1 is 1.70 bits per heavy atom. The van der Waals surface area contributed by atoms with Crippen LogP contribution in [-0.4, -0.2) is 24.8 Å². The lowest BCUT2D eigenvalue weighted by Gasteiger charge is -2.25. The third kappa shape index (κ3) is 1.26. The van der Waals surface area contributed by atoms with Gasteiger partial charge in [-0.2, -0.15) is 0 Å². The molecule has 1 rings (SSSR count). The molecule has 0 aromatic heterocycles. The van der Waals surface area contributed by atoms with Crippen molar-refractivity contribution >= 4 is 5.91 Å². The second kappa shape index (κ2) is 2.54. The molecule has 58 valence electrons. The first-order chi connectivity index (χ1) is 4.65. The monoisotopic (exact) mass is 147 g/mol. The van der Waals surface area contributed by atoms with Crippen molar-refractivity contribution in [2.24, 2.45) is 5.73 Å². The first-order valence-corrected chi connectivity index (χ1v) is 3.22. The molecule has 0 aromatic rings. The summed E-state index contributed by atoms with van der Waals surface area (Å²) >= 11 is 0. The normalized spacial score (nSPS) is 33.7. The second-order valence-electron chi connectivity index (χ2n) is 2.49. The Morgan fingerprint density at radius 3 is 2.70 bits per heavy atom. The summed E-state index contributed by atoms with van der Waals surface area (Å²) in [6.45, 7) is 0.348. The van der Waals surface area contributed by atoms with E-state index in [1.807, 2.05) is 0 Å². The second-order valence-corrected chi connectivity index (χ2v) is 2.49. The summed E-state index contributed by atoms with van der Waals surface area (Å²) in [7, 11) is 0. The van der Waals surface area contributed by atoms with Gasteiger partial charge in [-0.1, -0.05) is 0 Å². The van der Waals surface area contributed by atoms with E-state index in [1.165, 1.54) is 0 Å². The van der Waals surface area contributed by atoms with Gasteiger partial charge in [0.25, 0.3) is 5.91 Å². The number of nitrogens with two attached hydrogens (primary N) is 1. The lowest BCUT2D eigenvalue weighted by molar-refractivity contribution is -0.138. The van der Waals surface area contributed by atoms with Gasteiger partial charge in [-0.05, 0) is 12.8 Å². The van der Waals surface area contributed by atoms with Gasteiger partial charge in [0.15, 0.2) is 0 Å². The van der Waals surface area contributed by atoms with Gasteiger partial charge in [0, 0.05) is 6.61 Å². The van der Waals surface area contributed by atoms with Crippen LogP contribution in [0.25, 0.3) is 0 Å². The third-order valence-electron chi connectivity index (χ3n) is 1.63. The fourth-order valence-corrected chi connectivity index (χ4v) is 0.955. The molecule has 1 heterocycles. The van der Waals surface area contributed by atoms with Crippen LogP contribution in [0.15, 0.2) is 0 Å². The van der Waals surface area contributed by atoms with E-state index in [0.717, 1.165) is 0 Å². The van der Waals surface area contributed by atoms with E-state index >= 15 is 0 Å². The molecule has 1 aliphatic heterocycles. The van der Waals surface area contributed by atoms with Crippen LogP contribution in [0.1, 0.15) is 12.8 Å². The highest BCUT2D eigenvalue weighted by molar-refractivity contribution is 5.83. The van der Waals surface area contributed by atoms with Crippen LogP contribution in [0.5, 0.6) is 0 Å². The summed E-state index contributed by atoms with van der Waals surface area (Å²) in [5, 5.41) is 0. The van der Waals surface area contributed by atoms with Gasteiger partial charge in [-0.3, -0.25) is 4.79 Å². The number of halogens is 1. The van der Waals surface area contributed by atoms with Crippen molar-refractivity contribution in [3.8, 4) is 0 Å². The van der Waals surface area contributed by atoms with Gasteiger partial charge >= 0.3 is 0 Å². The van der Waals surface area contributed by atoms with E-state index in [9.17, 15) is 9.18 Å². The molecule has 0 spiro atoms. The van der Waals surface area contributed by atoms with Gasteiger partial charge in [-0.25, -0.2) is 4.39 Å². The minimum absolute atomic E-state index is 0.178. The lowest BCUT2D eigenvalue weighted by Crippen LogP contribution is -2.46. The van der Waals surface area contributed by atoms with E-state index in [-0.39, 0.29) is 13.0 Å². The van der Waals surface area contributed by atoms with Crippen molar-refractivity contribution in [1.29, 1.82) is 0 Å². The lowest BCUT2D eigenvalue weighted by atomic mass is 9.98. The van der Waals surface area contributed by atoms with Crippen LogP contribution in [0.3, 0.4) is 0 Å². The molecule has 1 aliphatic rings. The average molecular weight is 147 g/mol. The van der Waals surface area contributed by atoms with E-state index in [2.05, 4.69) is 0 Å². The maximum Gasteiger partial charge on any atom is 0.257 e. The molecule has 0 aromatic carbocycles. The molecular weight excluding hydrogens is 137 g/mol. The molecule has 0 radical (unpaired) electrons. The van der Waals surface area contributed by atoms with Gasteiger partial charge < -0.3 is 10.5 Å². The molecule has 1 amide bonds. The quantitative estimate of drug-likeness (QED) is 0.567. The fraction of sp³-hybridized carbons (Fsp3) is 0.833. The number of primary amides is 1. The van der Waals surface area contributed by atoms with E-state index in [0.29, 0.717) is 13.0 Å². The minimum Gasteiger partial charge on any atom is -0.378 e. The Morgan fingerprint density at radius 2 is 2.40 bits per heavy atom. The molecule has 10 heavy (non-hydrogen) atoms. The van der Waals surface area contributed by atoms with Crippen LogP contribution < -0.4 is 5.73 Å². The zero-order valence-electron chi connectivity index (χ0n) is 5.60. The molecule has 1 unspecified atom stereocenters. The predicted molar refractivity (Wildman–Crippen MR) is 33.1 cm³/mol. The molecule has 2 N–H and O–H groups in total. The van der Waals surface area contributed by atoms with E-state index in [1.54, 1.807) is 0 Å². The summed E-state index contributed by atoms with van der Waals surface area (Å²) < 4.78 is 17.9. The first-order valence-electron chi connectivity index (χ1n) is 3.22. The molecule has 0 bridgehead atoms. The average Bonchev–Trinajstić information content (AvgIpc) is 1.89. The summed E-state index contributed by atoms with van der Waals surface area (Å²) in [5.74, 6) is -0.910. The number of hydrogen-bond donors (Lipinski definition) is 1. The van der Waals surface area contributed by atoms with Gasteiger partial charge in [0.05, 0.1) is 6.61 Å². The largest absolute Gasteiger partial charge is 0.378 e. The van der Waals surface area contributed by atoms with Crippen LogP contribution in [-0.2, 0) is 9.53 Å². The molecule has 1 fully saturated rings. The molecule has 0 saturated carbocycles. The number of amides is 1. The number of rotatable bonds is 1. The highest BCUT2D eigenvalue weighted by Gasteiger charge is 2.38. The summed E-state index contributed by atoms with van der Waals surface area (Å²) in [5.41, 5.74) is 2.90. The standard InChI is InChI=1S/C6H10FNO2/c7-6(5(8)9)2-1-3-10-4-6/h1-4H2,(H2,8,9). The highest BCUT2D eigenvalue weighted by atomic mass is 19.1. The smallest absolute Gasteiger partial charge is 0.257 e. The van der Waals surface area contributed by atoms with E-state index in [4.69, 9.17) is 10.5 Å². The van der Waals surface area contributed by atoms with Crippen molar-refractivity contribution in [2.45, 2.75) is 18.5 Å². The minimum atomic E-state index is -1.90. The SMILES string of the molecule is NC(=O)C1(F)CCCOC1. The summed E-state index contributed by atoms with van der Waals surface area (Å²) in [6, 6.07) is 0. The number of ether oxygens (including phenoxy) is 1. The van der Waals surface area contributed by atoms with Crippen LogP contribution in [0, 0.1) is 0 Å². The molecular formula is C6H10FNO2. The molecule has 3 nitrogen and oxygen atoms in total. The maximum absolute atomic E-state index is 13.1. The zero-order chi connectivity index (χ0) is 7.61. The van der Waals surface area contributed by atoms with Crippen molar-refractivity contribution in [3.05, 3.63) is 0 Å². The third-order valence-corrected chi connectivity index (χ3v) is 1.63. The van der Waals surface area contributed by atoms with E-state index < -0.39 is 11.6 Å². The molecule has 4 heteroatoms. The zero-order valence-corrected chi connectivity index (χ0v) is 5.60. The number of alkyl halides is 1. The van der Waals surface area contributed by atoms with Gasteiger partial charge in [-0.15, -0.1) is 0 Å². The Kier molecular flexibility index (Phi) is 1.89. The van der Waals surface area contributed by atoms with Crippen molar-refractivity contribution in [3.63, 3.8) is 0 Å². The Balaban J connectivity index is 2.56. The first kappa shape index (κ1) is 7.47. The molecule has 1 saturated heterocycles. The Bertz CT molecular complexity index is 143. The predicted octanol–water partition coefficient (Wildman–Crippen LogP) is -0.00960. The fourth-order valence-electron chi connectivity index (χ4n) is 0.955. The van der Waals surface area contributed by atoms with Crippen LogP contribution in [0.2, 0.25) is 0 Å². The van der Waals surface area contributed by atoms with Crippen molar-refractivity contribution in [2.75, 3.05) is 13.2 Å². The number of carbonyl (C=O) groups excluding carboxylic acids is 1. The summed E-state index contributed by atoms with van der Waals surface area (Å²) in [6.07, 6.45) is 0.766. The van der Waals surface area contributed by atoms with Gasteiger partial charge in [0.1, 0.15) is 0 Å². The number of carbonyl (C=O) groups is 1. The highest BCUT2D eigenvalue weighted by Crippen LogP contribution is 2.22. The van der Waals surface area contributed by atoms with Crippen LogP contribution in [0.4, 0.5) is 4.39 Å². The molecule has 1 atom stereocenters. The Hall–Kier alpha value is -0.640. The summed E-state index contributed by atoms with van der Waals surface area (Å²) in [4.78, 5) is 10.4.